The van der Waals surface area contributed by atoms with Crippen molar-refractivity contribution in [3.8, 4) is 0 Å². The first-order valence-corrected chi connectivity index (χ1v) is 9.62. The molecule has 27 heavy (non-hydrogen) atoms. The van der Waals surface area contributed by atoms with Crippen LogP contribution < -0.4 is 5.32 Å². The van der Waals surface area contributed by atoms with Crippen molar-refractivity contribution in [2.75, 3.05) is 45.9 Å². The number of hydrogen-bond donors (Lipinski definition) is 2. The minimum atomic E-state index is -0.118. The SMILES string of the molecule is O=C1NC2=NC=CC(=Cc3ccccc3)C2C1CN1CCN(CCO)CC1. The highest BCUT2D eigenvalue weighted by Gasteiger charge is 2.43. The zero-order valence-corrected chi connectivity index (χ0v) is 15.4. The van der Waals surface area contributed by atoms with E-state index in [-0.39, 0.29) is 24.3 Å². The minimum Gasteiger partial charge on any atom is -0.395 e. The van der Waals surface area contributed by atoms with Gasteiger partial charge in [-0.05, 0) is 17.2 Å². The maximum absolute atomic E-state index is 12.7. The van der Waals surface area contributed by atoms with Crippen LogP contribution in [0.4, 0.5) is 0 Å². The lowest BCUT2D eigenvalue weighted by atomic mass is 9.84. The van der Waals surface area contributed by atoms with Gasteiger partial charge in [0, 0.05) is 45.5 Å². The van der Waals surface area contributed by atoms with Crippen molar-refractivity contribution in [2.24, 2.45) is 16.8 Å². The van der Waals surface area contributed by atoms with Gasteiger partial charge in [-0.2, -0.15) is 0 Å². The maximum Gasteiger partial charge on any atom is 0.230 e. The van der Waals surface area contributed by atoms with E-state index in [0.717, 1.165) is 56.2 Å². The molecule has 142 valence electrons. The molecule has 1 aromatic carbocycles. The topological polar surface area (TPSA) is 68.2 Å². The molecule has 6 nitrogen and oxygen atoms in total. The fourth-order valence-electron chi connectivity index (χ4n) is 4.13. The molecular weight excluding hydrogens is 340 g/mol. The summed E-state index contributed by atoms with van der Waals surface area (Å²) >= 11 is 0. The van der Waals surface area contributed by atoms with Crippen LogP contribution in [-0.2, 0) is 4.79 Å². The van der Waals surface area contributed by atoms with E-state index in [2.05, 4.69) is 38.3 Å². The molecule has 0 saturated carbocycles. The number of hydrogen-bond acceptors (Lipinski definition) is 5. The van der Waals surface area contributed by atoms with Gasteiger partial charge in [0.05, 0.1) is 18.4 Å². The second-order valence-electron chi connectivity index (χ2n) is 7.32. The Morgan fingerprint density at radius 2 is 1.89 bits per heavy atom. The average Bonchev–Trinajstić information content (AvgIpc) is 3.01. The van der Waals surface area contributed by atoms with E-state index in [9.17, 15) is 4.79 Å². The summed E-state index contributed by atoms with van der Waals surface area (Å²) in [6.45, 7) is 5.40. The number of carbonyl (C=O) groups is 1. The summed E-state index contributed by atoms with van der Waals surface area (Å²) in [5, 5.41) is 12.1. The number of piperazine rings is 1. The van der Waals surface area contributed by atoms with Gasteiger partial charge in [-0.15, -0.1) is 0 Å². The quantitative estimate of drug-likeness (QED) is 0.815. The standard InChI is InChI=1S/C21H26N4O2/c26-13-12-24-8-10-25(11-9-24)15-18-19-17(14-16-4-2-1-3-5-16)6-7-22-20(19)23-21(18)27/h1-7,14,18-19,26H,8-13,15H2,(H,22,23,27). The van der Waals surface area contributed by atoms with E-state index >= 15 is 0 Å². The van der Waals surface area contributed by atoms with Gasteiger partial charge in [0.25, 0.3) is 0 Å². The first-order chi connectivity index (χ1) is 13.2. The molecule has 4 rings (SSSR count). The van der Waals surface area contributed by atoms with Crippen LogP contribution in [0.15, 0.2) is 53.2 Å². The number of rotatable bonds is 5. The molecule has 2 unspecified atom stereocenters. The Balaban J connectivity index is 1.49. The summed E-state index contributed by atoms with van der Waals surface area (Å²) in [6.07, 6.45) is 5.95. The first kappa shape index (κ1) is 18.1. The van der Waals surface area contributed by atoms with Crippen molar-refractivity contribution < 1.29 is 9.90 Å². The number of benzene rings is 1. The predicted octanol–water partition coefficient (Wildman–Crippen LogP) is 0.968. The largest absolute Gasteiger partial charge is 0.395 e. The number of nitrogens with zero attached hydrogens (tertiary/aromatic N) is 3. The molecule has 6 heteroatoms. The molecule has 0 bridgehead atoms. The molecule has 0 spiro atoms. The summed E-state index contributed by atoms with van der Waals surface area (Å²) in [5.41, 5.74) is 2.27. The van der Waals surface area contributed by atoms with Crippen molar-refractivity contribution in [3.63, 3.8) is 0 Å². The van der Waals surface area contributed by atoms with Crippen molar-refractivity contribution in [3.05, 3.63) is 53.7 Å². The molecule has 0 aromatic heterocycles. The number of carbonyl (C=O) groups excluding carboxylic acids is 1. The van der Waals surface area contributed by atoms with Crippen molar-refractivity contribution in [1.82, 2.24) is 15.1 Å². The van der Waals surface area contributed by atoms with Gasteiger partial charge in [0.15, 0.2) is 0 Å². The lowest BCUT2D eigenvalue weighted by Gasteiger charge is -2.36. The van der Waals surface area contributed by atoms with Crippen LogP contribution in [0.2, 0.25) is 0 Å². The van der Waals surface area contributed by atoms with E-state index < -0.39 is 0 Å². The number of amidine groups is 1. The number of fused-ring (bicyclic) bond motifs is 1. The van der Waals surface area contributed by atoms with Gasteiger partial charge >= 0.3 is 0 Å². The Hall–Kier alpha value is -2.28. The summed E-state index contributed by atoms with van der Waals surface area (Å²) < 4.78 is 0. The maximum atomic E-state index is 12.7. The van der Waals surface area contributed by atoms with Crippen LogP contribution in [0.5, 0.6) is 0 Å². The number of amides is 1. The highest BCUT2D eigenvalue weighted by molar-refractivity contribution is 6.10. The predicted molar refractivity (Wildman–Crippen MR) is 106 cm³/mol. The summed E-state index contributed by atoms with van der Waals surface area (Å²) in [4.78, 5) is 21.7. The molecular formula is C21H26N4O2. The van der Waals surface area contributed by atoms with Gasteiger partial charge in [-0.1, -0.05) is 36.4 Å². The van der Waals surface area contributed by atoms with E-state index in [1.54, 1.807) is 6.20 Å². The molecule has 3 aliphatic heterocycles. The van der Waals surface area contributed by atoms with Crippen LogP contribution in [0.1, 0.15) is 5.56 Å². The van der Waals surface area contributed by atoms with Gasteiger partial charge in [-0.3, -0.25) is 14.6 Å². The molecule has 3 heterocycles. The van der Waals surface area contributed by atoms with E-state index in [1.807, 2.05) is 24.3 Å². The number of allylic oxidation sites excluding steroid dienone is 1. The summed E-state index contributed by atoms with van der Waals surface area (Å²) in [5.74, 6) is 0.721. The molecule has 2 N–H and O–H groups in total. The molecule has 2 fully saturated rings. The van der Waals surface area contributed by atoms with E-state index in [1.165, 1.54) is 0 Å². The molecule has 2 atom stereocenters. The van der Waals surface area contributed by atoms with Gasteiger partial charge in [-0.25, -0.2) is 4.99 Å². The molecule has 0 radical (unpaired) electrons. The van der Waals surface area contributed by atoms with Crippen molar-refractivity contribution in [2.45, 2.75) is 0 Å². The fraction of sp³-hybridized carbons (Fsp3) is 0.429. The number of aliphatic imine (C=N–C) groups is 1. The van der Waals surface area contributed by atoms with Crippen molar-refractivity contribution >= 4 is 17.8 Å². The van der Waals surface area contributed by atoms with Crippen LogP contribution in [0, 0.1) is 11.8 Å². The smallest absolute Gasteiger partial charge is 0.230 e. The Bertz CT molecular complexity index is 764. The molecule has 1 aromatic rings. The summed E-state index contributed by atoms with van der Waals surface area (Å²) in [6, 6.07) is 10.2. The Kier molecular flexibility index (Phi) is 5.48. The van der Waals surface area contributed by atoms with E-state index in [4.69, 9.17) is 5.11 Å². The highest BCUT2D eigenvalue weighted by Crippen LogP contribution is 2.33. The second kappa shape index (κ2) is 8.17. The Labute approximate surface area is 159 Å². The molecule has 0 aliphatic carbocycles. The van der Waals surface area contributed by atoms with Gasteiger partial charge in [0.1, 0.15) is 5.84 Å². The first-order valence-electron chi connectivity index (χ1n) is 9.62. The Morgan fingerprint density at radius 1 is 1.15 bits per heavy atom. The molecule has 2 saturated heterocycles. The summed E-state index contributed by atoms with van der Waals surface area (Å²) in [7, 11) is 0. The average molecular weight is 366 g/mol. The van der Waals surface area contributed by atoms with Crippen LogP contribution in [0.3, 0.4) is 0 Å². The molecule has 1 amide bonds. The minimum absolute atomic E-state index is 0.00169. The fourth-order valence-corrected chi connectivity index (χ4v) is 4.13. The zero-order chi connectivity index (χ0) is 18.6. The third-order valence-electron chi connectivity index (χ3n) is 5.59. The number of aliphatic hydroxyl groups is 1. The number of aliphatic hydroxyl groups excluding tert-OH is 1. The van der Waals surface area contributed by atoms with E-state index in [0.29, 0.717) is 0 Å². The third kappa shape index (κ3) is 4.03. The zero-order valence-electron chi connectivity index (χ0n) is 15.4. The normalized spacial score (nSPS) is 27.5. The lowest BCUT2D eigenvalue weighted by molar-refractivity contribution is -0.123. The van der Waals surface area contributed by atoms with Crippen molar-refractivity contribution in [1.29, 1.82) is 0 Å². The number of nitrogens with one attached hydrogen (secondary N) is 1. The van der Waals surface area contributed by atoms with Gasteiger partial charge < -0.3 is 10.4 Å². The molecule has 3 aliphatic rings. The van der Waals surface area contributed by atoms with Crippen LogP contribution >= 0.6 is 0 Å². The Morgan fingerprint density at radius 3 is 2.63 bits per heavy atom. The third-order valence-corrected chi connectivity index (χ3v) is 5.59. The number of β-amino-alcohol motifs (C(OH)–C–C–N with tert-alkyl or cyclic N) is 1. The van der Waals surface area contributed by atoms with Gasteiger partial charge in [0.2, 0.25) is 5.91 Å². The van der Waals surface area contributed by atoms with Crippen LogP contribution in [0.25, 0.3) is 6.08 Å². The second-order valence-corrected chi connectivity index (χ2v) is 7.32. The monoisotopic (exact) mass is 366 g/mol. The van der Waals surface area contributed by atoms with Crippen LogP contribution in [-0.4, -0.2) is 72.5 Å². The lowest BCUT2D eigenvalue weighted by Crippen LogP contribution is -2.49. The highest BCUT2D eigenvalue weighted by atomic mass is 16.3.